The summed E-state index contributed by atoms with van der Waals surface area (Å²) in [4.78, 5) is 9.37. The van der Waals surface area contributed by atoms with Crippen molar-refractivity contribution in [3.63, 3.8) is 0 Å². The number of para-hydroxylation sites is 1. The molecule has 0 spiro atoms. The molecule has 2 rings (SSSR count). The first kappa shape index (κ1) is 25.7. The monoisotopic (exact) mass is 383 g/mol. The van der Waals surface area contributed by atoms with Gasteiger partial charge in [0.05, 0.1) is 6.10 Å². The minimum atomic E-state index is -0.745. The molecule has 0 unspecified atom stereocenters. The smallest absolute Gasteiger partial charge is 0.303 e. The van der Waals surface area contributed by atoms with Gasteiger partial charge in [0.1, 0.15) is 11.5 Å². The third-order valence-corrected chi connectivity index (χ3v) is 4.31. The fourth-order valence-electron chi connectivity index (χ4n) is 2.60. The Bertz CT molecular complexity index is 641. The lowest BCUT2D eigenvalue weighted by molar-refractivity contribution is -0.136. The van der Waals surface area contributed by atoms with Gasteiger partial charge in [0.15, 0.2) is 0 Å². The molecular weight excluding hydrogens is 351 g/mol. The third kappa shape index (κ3) is 10.8. The van der Waals surface area contributed by atoms with Gasteiger partial charge in [0.25, 0.3) is 0 Å². The maximum atomic E-state index is 9.92. The fourth-order valence-corrected chi connectivity index (χ4v) is 2.60. The average molecular weight is 383 g/mol. The van der Waals surface area contributed by atoms with Crippen LogP contribution >= 0.6 is 0 Å². The largest absolute Gasteiger partial charge is 0.481 e. The van der Waals surface area contributed by atoms with Crippen molar-refractivity contribution >= 4 is 14.4 Å². The fraction of sp³-hybridized carbons (Fsp3) is 0.435. The predicted octanol–water partition coefficient (Wildman–Crippen LogP) is 5.31. The van der Waals surface area contributed by atoms with Crippen LogP contribution in [0.4, 0.5) is 0 Å². The van der Waals surface area contributed by atoms with Crippen molar-refractivity contribution in [2.24, 2.45) is 5.92 Å². The Kier molecular flexibility index (Phi) is 13.6. The Balaban J connectivity index is 0.00000108. The van der Waals surface area contributed by atoms with Crippen molar-refractivity contribution in [3.8, 4) is 11.5 Å². The van der Waals surface area contributed by atoms with Crippen molar-refractivity contribution in [1.29, 1.82) is 0 Å². The maximum Gasteiger partial charge on any atom is 0.303 e. The molecule has 0 heterocycles. The van der Waals surface area contributed by atoms with Crippen LogP contribution in [0.25, 0.3) is 0 Å². The van der Waals surface area contributed by atoms with E-state index in [1.54, 1.807) is 6.92 Å². The Morgan fingerprint density at radius 1 is 1.00 bits per heavy atom. The van der Waals surface area contributed by atoms with Crippen LogP contribution in [0.15, 0.2) is 54.6 Å². The van der Waals surface area contributed by atoms with Crippen LogP contribution in [0.1, 0.15) is 52.0 Å². The molecular formula is C23H32BO4. The molecule has 2 aromatic carbocycles. The number of carbonyl (C=O) groups is 1. The van der Waals surface area contributed by atoms with Crippen molar-refractivity contribution < 1.29 is 19.7 Å². The SMILES string of the molecule is CCC(=O)O.CCCC[C@@H](Cc1ccc(Oc2ccccc2)cc1)[C@@H](C)O.[B]. The maximum absolute atomic E-state index is 9.92. The van der Waals surface area contributed by atoms with E-state index >= 15 is 0 Å². The van der Waals surface area contributed by atoms with E-state index in [-0.39, 0.29) is 20.9 Å². The quantitative estimate of drug-likeness (QED) is 0.576. The normalized spacial score (nSPS) is 12.0. The van der Waals surface area contributed by atoms with Gasteiger partial charge < -0.3 is 14.9 Å². The van der Waals surface area contributed by atoms with Gasteiger partial charge in [-0.15, -0.1) is 0 Å². The van der Waals surface area contributed by atoms with Gasteiger partial charge in [-0.05, 0) is 55.5 Å². The van der Waals surface area contributed by atoms with E-state index in [2.05, 4.69) is 19.1 Å². The minimum absolute atomic E-state index is 0. The van der Waals surface area contributed by atoms with Crippen molar-refractivity contribution in [2.45, 2.75) is 59.0 Å². The number of ether oxygens (including phenoxy) is 1. The number of carboxylic acid groups (broad SMARTS) is 1. The molecule has 0 saturated carbocycles. The highest BCUT2D eigenvalue weighted by Crippen LogP contribution is 2.24. The second-order valence-electron chi connectivity index (χ2n) is 6.65. The summed E-state index contributed by atoms with van der Waals surface area (Å²) in [5, 5.41) is 17.6. The lowest BCUT2D eigenvalue weighted by Crippen LogP contribution is -2.19. The van der Waals surface area contributed by atoms with Crippen LogP contribution in [0.3, 0.4) is 0 Å². The number of hydrogen-bond donors (Lipinski definition) is 2. The summed E-state index contributed by atoms with van der Waals surface area (Å²) >= 11 is 0. The number of aliphatic carboxylic acids is 1. The lowest BCUT2D eigenvalue weighted by Gasteiger charge is -2.20. The molecule has 2 atom stereocenters. The molecule has 0 aliphatic rings. The second kappa shape index (κ2) is 14.8. The van der Waals surface area contributed by atoms with Crippen molar-refractivity contribution in [3.05, 3.63) is 60.2 Å². The highest BCUT2D eigenvalue weighted by molar-refractivity contribution is 5.75. The van der Waals surface area contributed by atoms with Gasteiger partial charge in [-0.1, -0.05) is 57.0 Å². The number of aliphatic hydroxyl groups excluding tert-OH is 1. The van der Waals surface area contributed by atoms with Gasteiger partial charge in [0, 0.05) is 14.8 Å². The molecule has 0 saturated heterocycles. The molecule has 3 radical (unpaired) electrons. The first-order chi connectivity index (χ1) is 13.0. The van der Waals surface area contributed by atoms with Crippen molar-refractivity contribution in [1.82, 2.24) is 0 Å². The van der Waals surface area contributed by atoms with Gasteiger partial charge in [0.2, 0.25) is 0 Å². The highest BCUT2D eigenvalue weighted by atomic mass is 16.5. The molecule has 2 N–H and O–H groups in total. The van der Waals surface area contributed by atoms with Crippen LogP contribution in [0.2, 0.25) is 0 Å². The van der Waals surface area contributed by atoms with E-state index in [0.29, 0.717) is 5.92 Å². The summed E-state index contributed by atoms with van der Waals surface area (Å²) in [7, 11) is 0. The predicted molar refractivity (Wildman–Crippen MR) is 115 cm³/mol. The Labute approximate surface area is 171 Å². The number of aliphatic hydroxyl groups is 1. The van der Waals surface area contributed by atoms with Crippen LogP contribution in [0.5, 0.6) is 11.5 Å². The number of rotatable bonds is 9. The van der Waals surface area contributed by atoms with Crippen LogP contribution in [-0.2, 0) is 11.2 Å². The van der Waals surface area contributed by atoms with Gasteiger partial charge in [-0.25, -0.2) is 0 Å². The Morgan fingerprint density at radius 3 is 2.00 bits per heavy atom. The van der Waals surface area contributed by atoms with E-state index < -0.39 is 5.97 Å². The number of benzene rings is 2. The van der Waals surface area contributed by atoms with Gasteiger partial charge in [-0.2, -0.15) is 0 Å². The molecule has 0 aliphatic heterocycles. The number of carboxylic acids is 1. The third-order valence-electron chi connectivity index (χ3n) is 4.31. The number of unbranched alkanes of at least 4 members (excludes halogenated alkanes) is 1. The van der Waals surface area contributed by atoms with Gasteiger partial charge >= 0.3 is 5.97 Å². The highest BCUT2D eigenvalue weighted by Gasteiger charge is 2.15. The topological polar surface area (TPSA) is 66.8 Å². The molecule has 2 aromatic rings. The molecule has 28 heavy (non-hydrogen) atoms. The van der Waals surface area contributed by atoms with Crippen LogP contribution < -0.4 is 4.74 Å². The second-order valence-corrected chi connectivity index (χ2v) is 6.65. The minimum Gasteiger partial charge on any atom is -0.481 e. The zero-order valence-electron chi connectivity index (χ0n) is 17.2. The summed E-state index contributed by atoms with van der Waals surface area (Å²) in [6, 6.07) is 18.0. The summed E-state index contributed by atoms with van der Waals surface area (Å²) in [5.74, 6) is 1.28. The molecule has 4 nitrogen and oxygen atoms in total. The average Bonchev–Trinajstić information content (AvgIpc) is 2.67. The summed E-state index contributed by atoms with van der Waals surface area (Å²) < 4.78 is 5.80. The molecule has 0 fully saturated rings. The molecule has 0 amide bonds. The molecule has 5 heteroatoms. The molecule has 0 aliphatic carbocycles. The Hall–Kier alpha value is -2.27. The lowest BCUT2D eigenvalue weighted by atomic mass is 9.90. The zero-order chi connectivity index (χ0) is 20.1. The molecule has 0 bridgehead atoms. The van der Waals surface area contributed by atoms with E-state index in [0.717, 1.165) is 24.3 Å². The molecule has 0 aromatic heterocycles. The summed E-state index contributed by atoms with van der Waals surface area (Å²) in [5.41, 5.74) is 1.25. The van der Waals surface area contributed by atoms with Gasteiger partial charge in [-0.3, -0.25) is 4.79 Å². The van der Waals surface area contributed by atoms with Crippen LogP contribution in [-0.4, -0.2) is 30.7 Å². The van der Waals surface area contributed by atoms with E-state index in [9.17, 15) is 9.90 Å². The standard InChI is InChI=1S/C20H26O2.C3H6O2.B/c1-3-4-8-18(16(2)21)15-17-11-13-20(14-12-17)22-19-9-6-5-7-10-19;1-2-3(4)5;/h5-7,9-14,16,18,21H,3-4,8,15H2,1-2H3;2H2,1H3,(H,4,5);/t16-,18+;;/m1../s1. The van der Waals surface area contributed by atoms with Crippen molar-refractivity contribution in [2.75, 3.05) is 0 Å². The number of hydrogen-bond acceptors (Lipinski definition) is 3. The zero-order valence-corrected chi connectivity index (χ0v) is 17.2. The van der Waals surface area contributed by atoms with E-state index in [4.69, 9.17) is 9.84 Å². The van der Waals surface area contributed by atoms with E-state index in [1.807, 2.05) is 49.4 Å². The Morgan fingerprint density at radius 2 is 1.54 bits per heavy atom. The van der Waals surface area contributed by atoms with Crippen LogP contribution in [0, 0.1) is 5.92 Å². The first-order valence-electron chi connectivity index (χ1n) is 9.67. The summed E-state index contributed by atoms with van der Waals surface area (Å²) in [6.07, 6.45) is 4.31. The molecule has 151 valence electrons. The van der Waals surface area contributed by atoms with E-state index in [1.165, 1.54) is 18.4 Å². The first-order valence-corrected chi connectivity index (χ1v) is 9.67. The summed E-state index contributed by atoms with van der Waals surface area (Å²) in [6.45, 7) is 5.68.